The number of thiazole rings is 1. The van der Waals surface area contributed by atoms with Gasteiger partial charge in [0.15, 0.2) is 11.5 Å². The van der Waals surface area contributed by atoms with Crippen molar-refractivity contribution >= 4 is 17.2 Å². The van der Waals surface area contributed by atoms with Crippen LogP contribution < -0.4 is 14.2 Å². The second-order valence-corrected chi connectivity index (χ2v) is 8.51. The molecule has 0 N–H and O–H groups in total. The van der Waals surface area contributed by atoms with Crippen LogP contribution in [0.15, 0.2) is 41.8 Å². The van der Waals surface area contributed by atoms with E-state index in [-0.39, 0.29) is 5.91 Å². The molecule has 1 amide bonds. The van der Waals surface area contributed by atoms with Crippen LogP contribution in [0.5, 0.6) is 17.2 Å². The number of benzene rings is 2. The number of carbonyl (C=O) groups excluding carboxylic acids is 1. The lowest BCUT2D eigenvalue weighted by Gasteiger charge is -2.32. The van der Waals surface area contributed by atoms with Gasteiger partial charge in [0.05, 0.1) is 27.0 Å². The van der Waals surface area contributed by atoms with Crippen LogP contribution in [0.3, 0.4) is 0 Å². The molecule has 1 fully saturated rings. The van der Waals surface area contributed by atoms with Gasteiger partial charge in [-0.1, -0.05) is 0 Å². The molecule has 2 heterocycles. The normalized spacial score (nSPS) is 14.3. The summed E-state index contributed by atoms with van der Waals surface area (Å²) in [6.07, 6.45) is 0. The summed E-state index contributed by atoms with van der Waals surface area (Å²) in [6, 6.07) is 11.3. The first kappa shape index (κ1) is 22.1. The van der Waals surface area contributed by atoms with Crippen molar-refractivity contribution in [1.82, 2.24) is 14.8 Å². The smallest absolute Gasteiger partial charge is 0.254 e. The standard InChI is InChI=1S/C24H27N3O4S/c1-26-7-9-27(10-8-26)24(28)18-11-17(12-19(13-18)29-2)20-15-32-23(25-20)16-5-6-21(30-3)22(14-16)31-4/h5-6,11-15H,7-10H2,1-4H3. The highest BCUT2D eigenvalue weighted by Gasteiger charge is 2.22. The number of methoxy groups -OCH3 is 3. The Morgan fingerprint density at radius 3 is 2.34 bits per heavy atom. The summed E-state index contributed by atoms with van der Waals surface area (Å²) < 4.78 is 16.2. The molecule has 0 radical (unpaired) electrons. The first-order valence-corrected chi connectivity index (χ1v) is 11.3. The topological polar surface area (TPSA) is 64.1 Å². The number of hydrogen-bond acceptors (Lipinski definition) is 7. The highest BCUT2D eigenvalue weighted by atomic mass is 32.1. The van der Waals surface area contributed by atoms with Crippen molar-refractivity contribution in [1.29, 1.82) is 0 Å². The van der Waals surface area contributed by atoms with Crippen LogP contribution in [0.2, 0.25) is 0 Å². The zero-order chi connectivity index (χ0) is 22.7. The number of aromatic nitrogens is 1. The lowest BCUT2D eigenvalue weighted by atomic mass is 10.1. The second kappa shape index (κ2) is 9.58. The van der Waals surface area contributed by atoms with Gasteiger partial charge in [-0.25, -0.2) is 4.98 Å². The largest absolute Gasteiger partial charge is 0.497 e. The molecule has 3 aromatic rings. The van der Waals surface area contributed by atoms with Gasteiger partial charge >= 0.3 is 0 Å². The maximum Gasteiger partial charge on any atom is 0.254 e. The molecule has 0 bridgehead atoms. The van der Waals surface area contributed by atoms with Crippen molar-refractivity contribution in [3.8, 4) is 39.1 Å². The number of ether oxygens (including phenoxy) is 3. The van der Waals surface area contributed by atoms with E-state index in [2.05, 4.69) is 11.9 Å². The highest BCUT2D eigenvalue weighted by Crippen LogP contribution is 2.36. The quantitative estimate of drug-likeness (QED) is 0.564. The van der Waals surface area contributed by atoms with E-state index >= 15 is 0 Å². The van der Waals surface area contributed by atoms with Crippen molar-refractivity contribution in [3.63, 3.8) is 0 Å². The van der Waals surface area contributed by atoms with Crippen LogP contribution in [0.25, 0.3) is 21.8 Å². The van der Waals surface area contributed by atoms with E-state index < -0.39 is 0 Å². The Morgan fingerprint density at radius 2 is 1.66 bits per heavy atom. The van der Waals surface area contributed by atoms with Gasteiger partial charge in [-0.15, -0.1) is 11.3 Å². The molecule has 7 nitrogen and oxygen atoms in total. The third kappa shape index (κ3) is 4.56. The van der Waals surface area contributed by atoms with Gasteiger partial charge in [-0.2, -0.15) is 0 Å². The summed E-state index contributed by atoms with van der Waals surface area (Å²) in [6.45, 7) is 3.21. The number of nitrogens with zero attached hydrogens (tertiary/aromatic N) is 3. The number of amides is 1. The Bertz CT molecular complexity index is 1110. The Hall–Kier alpha value is -3.10. The summed E-state index contributed by atoms with van der Waals surface area (Å²) in [5, 5.41) is 2.85. The SMILES string of the molecule is COc1cc(C(=O)N2CCN(C)CC2)cc(-c2csc(-c3ccc(OC)c(OC)c3)n2)c1. The highest BCUT2D eigenvalue weighted by molar-refractivity contribution is 7.13. The molecule has 1 aliphatic rings. The fourth-order valence-electron chi connectivity index (χ4n) is 3.69. The average Bonchev–Trinajstić information content (AvgIpc) is 3.33. The average molecular weight is 454 g/mol. The van der Waals surface area contributed by atoms with E-state index in [0.717, 1.165) is 48.0 Å². The maximum absolute atomic E-state index is 13.1. The molecule has 0 saturated carbocycles. The Labute approximate surface area is 192 Å². The van der Waals surface area contributed by atoms with E-state index in [0.29, 0.717) is 22.8 Å². The Kier molecular flexibility index (Phi) is 6.62. The Balaban J connectivity index is 1.64. The molecular formula is C24H27N3O4S. The molecule has 32 heavy (non-hydrogen) atoms. The molecule has 1 aliphatic heterocycles. The number of carbonyl (C=O) groups is 1. The van der Waals surface area contributed by atoms with Gasteiger partial charge in [0.2, 0.25) is 0 Å². The van der Waals surface area contributed by atoms with Gasteiger partial charge in [0, 0.05) is 48.2 Å². The van der Waals surface area contributed by atoms with E-state index in [4.69, 9.17) is 19.2 Å². The fourth-order valence-corrected chi connectivity index (χ4v) is 4.51. The zero-order valence-electron chi connectivity index (χ0n) is 18.8. The molecule has 2 aromatic carbocycles. The van der Waals surface area contributed by atoms with Crippen LogP contribution in [0.4, 0.5) is 0 Å². The lowest BCUT2D eigenvalue weighted by Crippen LogP contribution is -2.47. The molecule has 0 unspecified atom stereocenters. The first-order chi connectivity index (χ1) is 15.5. The van der Waals surface area contributed by atoms with Crippen LogP contribution in [0, 0.1) is 0 Å². The third-order valence-corrected chi connectivity index (χ3v) is 6.50. The van der Waals surface area contributed by atoms with Gasteiger partial charge in [0.1, 0.15) is 10.8 Å². The van der Waals surface area contributed by atoms with E-state index in [1.54, 1.807) is 27.4 Å². The van der Waals surface area contributed by atoms with E-state index in [1.807, 2.05) is 40.6 Å². The van der Waals surface area contributed by atoms with Crippen LogP contribution >= 0.6 is 11.3 Å². The van der Waals surface area contributed by atoms with Gasteiger partial charge in [-0.3, -0.25) is 4.79 Å². The van der Waals surface area contributed by atoms with Crippen molar-refractivity contribution in [3.05, 3.63) is 47.3 Å². The number of likely N-dealkylation sites (N-methyl/N-ethyl adjacent to an activating group) is 1. The molecule has 0 spiro atoms. The minimum absolute atomic E-state index is 0.0218. The van der Waals surface area contributed by atoms with E-state index in [9.17, 15) is 4.79 Å². The predicted molar refractivity (Wildman–Crippen MR) is 126 cm³/mol. The first-order valence-electron chi connectivity index (χ1n) is 10.4. The molecule has 1 aromatic heterocycles. The van der Waals surface area contributed by atoms with Gasteiger partial charge in [-0.05, 0) is 43.4 Å². The third-order valence-electron chi connectivity index (χ3n) is 5.61. The van der Waals surface area contributed by atoms with Crippen LogP contribution in [-0.4, -0.2) is 75.2 Å². The lowest BCUT2D eigenvalue weighted by molar-refractivity contribution is 0.0664. The fraction of sp³-hybridized carbons (Fsp3) is 0.333. The molecule has 0 aliphatic carbocycles. The second-order valence-electron chi connectivity index (χ2n) is 7.65. The summed E-state index contributed by atoms with van der Waals surface area (Å²) >= 11 is 1.54. The zero-order valence-corrected chi connectivity index (χ0v) is 19.6. The number of rotatable bonds is 6. The van der Waals surface area contributed by atoms with Crippen molar-refractivity contribution < 1.29 is 19.0 Å². The minimum Gasteiger partial charge on any atom is -0.497 e. The van der Waals surface area contributed by atoms with E-state index in [1.165, 1.54) is 11.3 Å². The van der Waals surface area contributed by atoms with Crippen molar-refractivity contribution in [2.75, 3.05) is 54.6 Å². The maximum atomic E-state index is 13.1. The molecular weight excluding hydrogens is 426 g/mol. The van der Waals surface area contributed by atoms with Crippen LogP contribution in [-0.2, 0) is 0 Å². The van der Waals surface area contributed by atoms with Gasteiger partial charge < -0.3 is 24.0 Å². The Morgan fingerprint density at radius 1 is 0.906 bits per heavy atom. The van der Waals surface area contributed by atoms with Gasteiger partial charge in [0.25, 0.3) is 5.91 Å². The molecule has 168 valence electrons. The molecule has 8 heteroatoms. The van der Waals surface area contributed by atoms with Crippen molar-refractivity contribution in [2.24, 2.45) is 0 Å². The number of hydrogen-bond donors (Lipinski definition) is 0. The summed E-state index contributed by atoms with van der Waals surface area (Å²) in [7, 11) is 6.91. The molecule has 1 saturated heterocycles. The predicted octanol–water partition coefficient (Wildman–Crippen LogP) is 3.89. The van der Waals surface area contributed by atoms with Crippen LogP contribution in [0.1, 0.15) is 10.4 Å². The number of piperazine rings is 1. The summed E-state index contributed by atoms with van der Waals surface area (Å²) in [5.74, 6) is 1.99. The monoisotopic (exact) mass is 453 g/mol. The molecule has 0 atom stereocenters. The minimum atomic E-state index is 0.0218. The van der Waals surface area contributed by atoms with Crippen molar-refractivity contribution in [2.45, 2.75) is 0 Å². The summed E-state index contributed by atoms with van der Waals surface area (Å²) in [5.41, 5.74) is 3.20. The summed E-state index contributed by atoms with van der Waals surface area (Å²) in [4.78, 5) is 22.1. The molecule has 4 rings (SSSR count).